The van der Waals surface area contributed by atoms with Gasteiger partial charge in [-0.1, -0.05) is 0 Å². The molecule has 0 aliphatic heterocycles. The molecule has 0 radical (unpaired) electrons. The van der Waals surface area contributed by atoms with E-state index in [0.29, 0.717) is 0 Å². The number of hydrogen-bond acceptors (Lipinski definition) is 0. The second-order valence-corrected chi connectivity index (χ2v) is 0. The van der Waals surface area contributed by atoms with E-state index in [2.05, 4.69) is 0 Å². The van der Waals surface area contributed by atoms with Crippen LogP contribution in [0.2, 0.25) is 0 Å². The molecule has 0 saturated carbocycles. The van der Waals surface area contributed by atoms with Crippen molar-refractivity contribution in [2.24, 2.45) is 0 Å². The first-order valence-electron chi connectivity index (χ1n) is 0. The smallest absolute Gasteiger partial charge is 0 e. The molecule has 0 heterocycles. The molecular weight excluding hydrogens is 191 g/mol. The summed E-state index contributed by atoms with van der Waals surface area (Å²) < 4.78 is 0. The Balaban J connectivity index is 0. The van der Waals surface area contributed by atoms with Crippen LogP contribution in [0.5, 0.6) is 0 Å². The van der Waals surface area contributed by atoms with Gasteiger partial charge in [-0.05, 0) is 0 Å². The van der Waals surface area contributed by atoms with Crippen molar-refractivity contribution in [1.82, 2.24) is 0 Å². The first kappa shape index (κ1) is 60.7. The molecule has 0 bridgehead atoms. The van der Waals surface area contributed by atoms with E-state index in [1.54, 1.807) is 0 Å². The molecule has 0 aromatic heterocycles. The molecular formula is H15Al5Fe. The molecule has 38 valence electrons. The SMILES string of the molecule is [AlH3].[AlH3].[AlH3].[AlH3].[AlH3].[Fe]. The minimum absolute atomic E-state index is 0. The van der Waals surface area contributed by atoms with E-state index < -0.39 is 0 Å². The van der Waals surface area contributed by atoms with E-state index in [-0.39, 0.29) is 104 Å². The summed E-state index contributed by atoms with van der Waals surface area (Å²) in [5, 5.41) is 0. The van der Waals surface area contributed by atoms with Crippen LogP contribution in [0.3, 0.4) is 0 Å². The molecule has 6 heavy (non-hydrogen) atoms. The Morgan fingerprint density at radius 2 is 0.333 bits per heavy atom. The van der Waals surface area contributed by atoms with Crippen LogP contribution < -0.4 is 0 Å². The van der Waals surface area contributed by atoms with Crippen LogP contribution in [0.25, 0.3) is 0 Å². The zero-order valence-electron chi connectivity index (χ0n) is 0.354. The average molecular weight is 206 g/mol. The molecule has 0 N–H and O–H groups in total. The van der Waals surface area contributed by atoms with Crippen molar-refractivity contribution in [3.05, 3.63) is 0 Å². The minimum Gasteiger partial charge on any atom is 0 e. The Kier molecular flexibility index (Phi) is 422. The van der Waals surface area contributed by atoms with Crippen LogP contribution in [0.4, 0.5) is 0 Å². The molecule has 0 atom stereocenters. The second kappa shape index (κ2) is 41.7. The molecule has 0 saturated heterocycles. The summed E-state index contributed by atoms with van der Waals surface area (Å²) in [6.45, 7) is 0. The maximum atomic E-state index is 0. The summed E-state index contributed by atoms with van der Waals surface area (Å²) in [5.41, 5.74) is 0. The van der Waals surface area contributed by atoms with Gasteiger partial charge in [-0.2, -0.15) is 0 Å². The summed E-state index contributed by atoms with van der Waals surface area (Å²) in [6, 6.07) is 0. The molecule has 0 aromatic carbocycles. The van der Waals surface area contributed by atoms with Crippen LogP contribution in [0.1, 0.15) is 0 Å². The fourth-order valence-corrected chi connectivity index (χ4v) is 0. The predicted molar refractivity (Wildman–Crippen MR) is 49.7 cm³/mol. The third-order valence-electron chi connectivity index (χ3n) is 0. The van der Waals surface area contributed by atoms with Gasteiger partial charge in [0.25, 0.3) is 0 Å². The van der Waals surface area contributed by atoms with Gasteiger partial charge in [-0.15, -0.1) is 0 Å². The monoisotopic (exact) mass is 206 g/mol. The van der Waals surface area contributed by atoms with E-state index in [1.165, 1.54) is 0 Å². The Morgan fingerprint density at radius 1 is 0.333 bits per heavy atom. The van der Waals surface area contributed by atoms with Crippen LogP contribution in [-0.2, 0) is 17.1 Å². The molecule has 0 aliphatic rings. The third-order valence-corrected chi connectivity index (χ3v) is 0. The van der Waals surface area contributed by atoms with Crippen molar-refractivity contribution in [2.75, 3.05) is 0 Å². The maximum absolute atomic E-state index is 0. The maximum Gasteiger partial charge on any atom is 0.187 e. The molecule has 6 heteroatoms. The van der Waals surface area contributed by atoms with E-state index in [4.69, 9.17) is 0 Å². The van der Waals surface area contributed by atoms with Gasteiger partial charge in [0, 0.05) is 17.1 Å². The Morgan fingerprint density at radius 3 is 0.333 bits per heavy atom. The van der Waals surface area contributed by atoms with Crippen LogP contribution >= 0.6 is 0 Å². The van der Waals surface area contributed by atoms with Crippen molar-refractivity contribution < 1.29 is 17.1 Å². The molecule has 0 aliphatic carbocycles. The van der Waals surface area contributed by atoms with Crippen LogP contribution in [-0.4, -0.2) is 86.8 Å². The molecule has 0 aromatic rings. The largest absolute Gasteiger partial charge is 0.187 e. The second-order valence-electron chi connectivity index (χ2n) is 0. The normalized spacial score (nSPS) is 0. The standard InChI is InChI=1S/5Al.Fe.15H. The van der Waals surface area contributed by atoms with Crippen LogP contribution in [0.15, 0.2) is 0 Å². The Bertz CT molecular complexity index is 3.90. The van der Waals surface area contributed by atoms with E-state index in [1.807, 2.05) is 0 Å². The number of hydrogen-bond donors (Lipinski definition) is 0. The topological polar surface area (TPSA) is 0 Å². The zero-order valence-corrected chi connectivity index (χ0v) is 1.46. The van der Waals surface area contributed by atoms with Gasteiger partial charge in [-0.3, -0.25) is 0 Å². The minimum atomic E-state index is 0. The molecule has 0 nitrogen and oxygen atoms in total. The Labute approximate surface area is 102 Å². The van der Waals surface area contributed by atoms with E-state index in [9.17, 15) is 0 Å². The van der Waals surface area contributed by atoms with Gasteiger partial charge < -0.3 is 0 Å². The summed E-state index contributed by atoms with van der Waals surface area (Å²) in [6.07, 6.45) is 0. The third kappa shape index (κ3) is 27.1. The van der Waals surface area contributed by atoms with Gasteiger partial charge >= 0.3 is 0 Å². The summed E-state index contributed by atoms with van der Waals surface area (Å²) in [4.78, 5) is 0. The Hall–Kier alpha value is 3.18. The van der Waals surface area contributed by atoms with Crippen molar-refractivity contribution in [3.8, 4) is 0 Å². The average Bonchev–Trinajstić information content (AvgIpc) is 0. The van der Waals surface area contributed by atoms with Gasteiger partial charge in [0.2, 0.25) is 0 Å². The molecule has 0 fully saturated rings. The first-order valence-corrected chi connectivity index (χ1v) is 0. The van der Waals surface area contributed by atoms with Crippen molar-refractivity contribution in [1.29, 1.82) is 0 Å². The quantitative estimate of drug-likeness (QED) is 0.346. The molecule has 0 amide bonds. The van der Waals surface area contributed by atoms with Crippen molar-refractivity contribution >= 4 is 86.8 Å². The van der Waals surface area contributed by atoms with E-state index >= 15 is 0 Å². The van der Waals surface area contributed by atoms with Crippen LogP contribution in [0, 0.1) is 0 Å². The van der Waals surface area contributed by atoms with Crippen molar-refractivity contribution in [3.63, 3.8) is 0 Å². The fraction of sp³-hybridized carbons (Fsp3) is 0. The first-order chi connectivity index (χ1) is 0. The summed E-state index contributed by atoms with van der Waals surface area (Å²) in [5.74, 6) is 0. The molecule has 0 spiro atoms. The van der Waals surface area contributed by atoms with Gasteiger partial charge in [-0.25, -0.2) is 0 Å². The molecule has 0 unspecified atom stereocenters. The van der Waals surface area contributed by atoms with E-state index in [0.717, 1.165) is 0 Å². The van der Waals surface area contributed by atoms with Gasteiger partial charge in [0.05, 0.1) is 0 Å². The summed E-state index contributed by atoms with van der Waals surface area (Å²) >= 11 is 0. The zero-order chi connectivity index (χ0) is 0. The summed E-state index contributed by atoms with van der Waals surface area (Å²) in [7, 11) is 0. The fourth-order valence-electron chi connectivity index (χ4n) is 0. The molecule has 0 rings (SSSR count). The predicted octanol–water partition coefficient (Wildman–Crippen LogP) is -5.92. The van der Waals surface area contributed by atoms with Gasteiger partial charge in [0.1, 0.15) is 0 Å². The van der Waals surface area contributed by atoms with Gasteiger partial charge in [0.15, 0.2) is 86.8 Å². The van der Waals surface area contributed by atoms with Crippen molar-refractivity contribution in [2.45, 2.75) is 0 Å². The number of rotatable bonds is 0.